The number of pyridine rings is 1. The fourth-order valence-electron chi connectivity index (χ4n) is 2.92. The van der Waals surface area contributed by atoms with Crippen LogP contribution in [0.3, 0.4) is 0 Å². The Balaban J connectivity index is 1.72. The number of nitrogens with zero attached hydrogens (tertiary/aromatic N) is 4. The van der Waals surface area contributed by atoms with E-state index in [4.69, 9.17) is 0 Å². The van der Waals surface area contributed by atoms with E-state index < -0.39 is 0 Å². The van der Waals surface area contributed by atoms with E-state index in [2.05, 4.69) is 10.2 Å². The monoisotopic (exact) mass is 298 g/mol. The van der Waals surface area contributed by atoms with E-state index in [0.717, 1.165) is 36.4 Å². The van der Waals surface area contributed by atoms with Gasteiger partial charge in [0.05, 0.1) is 11.6 Å². The molecule has 5 nitrogen and oxygen atoms in total. The maximum atomic E-state index is 12.6. The highest BCUT2D eigenvalue weighted by Gasteiger charge is 2.33. The summed E-state index contributed by atoms with van der Waals surface area (Å²) in [4.78, 5) is 14.5. The van der Waals surface area contributed by atoms with Crippen LogP contribution in [0, 0.1) is 0 Å². The average molecular weight is 298 g/mol. The van der Waals surface area contributed by atoms with Gasteiger partial charge in [-0.1, -0.05) is 6.07 Å². The van der Waals surface area contributed by atoms with Crippen molar-refractivity contribution in [3.05, 3.63) is 52.6 Å². The zero-order valence-electron chi connectivity index (χ0n) is 11.3. The molecule has 4 heterocycles. The molecule has 1 fully saturated rings. The summed E-state index contributed by atoms with van der Waals surface area (Å²) in [5.41, 5.74) is 1.59. The van der Waals surface area contributed by atoms with Crippen LogP contribution in [0.4, 0.5) is 0 Å². The van der Waals surface area contributed by atoms with Crippen molar-refractivity contribution in [2.24, 2.45) is 0 Å². The van der Waals surface area contributed by atoms with E-state index in [-0.39, 0.29) is 11.9 Å². The minimum Gasteiger partial charge on any atom is -0.328 e. The Morgan fingerprint density at radius 1 is 1.29 bits per heavy atom. The first kappa shape index (κ1) is 12.5. The van der Waals surface area contributed by atoms with E-state index in [1.165, 1.54) is 0 Å². The summed E-state index contributed by atoms with van der Waals surface area (Å²) >= 11 is 1.55. The van der Waals surface area contributed by atoms with Gasteiger partial charge in [0.2, 0.25) is 0 Å². The van der Waals surface area contributed by atoms with Gasteiger partial charge in [0.15, 0.2) is 11.5 Å². The molecule has 0 bridgehead atoms. The molecule has 1 atom stereocenters. The molecule has 106 valence electrons. The van der Waals surface area contributed by atoms with Gasteiger partial charge in [0.1, 0.15) is 0 Å². The molecule has 0 N–H and O–H groups in total. The standard InChI is InChI=1S/C15H14N4OS/c20-15(11-6-9-21-10-11)18-8-3-4-12(18)14-17-16-13-5-1-2-7-19(13)14/h1-2,5-7,9-10,12H,3-4,8H2/t12-/m0/s1. The van der Waals surface area contributed by atoms with Crippen molar-refractivity contribution in [1.82, 2.24) is 19.5 Å². The number of fused-ring (bicyclic) bond motifs is 1. The van der Waals surface area contributed by atoms with Crippen molar-refractivity contribution in [3.8, 4) is 0 Å². The number of likely N-dealkylation sites (tertiary alicyclic amines) is 1. The van der Waals surface area contributed by atoms with Gasteiger partial charge in [-0.3, -0.25) is 9.20 Å². The lowest BCUT2D eigenvalue weighted by Crippen LogP contribution is -2.31. The van der Waals surface area contributed by atoms with Crippen LogP contribution in [-0.2, 0) is 0 Å². The third-order valence-electron chi connectivity index (χ3n) is 3.92. The van der Waals surface area contributed by atoms with Gasteiger partial charge < -0.3 is 4.90 Å². The van der Waals surface area contributed by atoms with Crippen LogP contribution in [0.1, 0.15) is 35.1 Å². The molecule has 0 unspecified atom stereocenters. The molecule has 1 saturated heterocycles. The van der Waals surface area contributed by atoms with Gasteiger partial charge >= 0.3 is 0 Å². The Labute approximate surface area is 125 Å². The number of aromatic nitrogens is 3. The summed E-state index contributed by atoms with van der Waals surface area (Å²) in [7, 11) is 0. The molecule has 21 heavy (non-hydrogen) atoms. The number of hydrogen-bond donors (Lipinski definition) is 0. The zero-order chi connectivity index (χ0) is 14.2. The summed E-state index contributed by atoms with van der Waals surface area (Å²) in [6, 6.07) is 7.71. The molecule has 6 heteroatoms. The largest absolute Gasteiger partial charge is 0.328 e. The third kappa shape index (κ3) is 2.03. The number of amides is 1. The lowest BCUT2D eigenvalue weighted by atomic mass is 10.2. The van der Waals surface area contributed by atoms with Gasteiger partial charge in [-0.25, -0.2) is 0 Å². The molecule has 3 aromatic rings. The van der Waals surface area contributed by atoms with Gasteiger partial charge in [-0.05, 0) is 36.4 Å². The van der Waals surface area contributed by atoms with Crippen LogP contribution in [0.15, 0.2) is 41.2 Å². The molecule has 0 aliphatic carbocycles. The molecule has 4 rings (SSSR count). The van der Waals surface area contributed by atoms with E-state index in [1.54, 1.807) is 11.3 Å². The fraction of sp³-hybridized carbons (Fsp3) is 0.267. The normalized spacial score (nSPS) is 18.5. The second-order valence-corrected chi connectivity index (χ2v) is 5.94. The van der Waals surface area contributed by atoms with Crippen molar-refractivity contribution in [2.75, 3.05) is 6.54 Å². The smallest absolute Gasteiger partial charge is 0.255 e. The molecule has 0 aromatic carbocycles. The lowest BCUT2D eigenvalue weighted by molar-refractivity contribution is 0.0730. The quantitative estimate of drug-likeness (QED) is 0.731. The SMILES string of the molecule is O=C(c1ccsc1)N1CCC[C@H]1c1nnc2ccccn12. The van der Waals surface area contributed by atoms with E-state index in [9.17, 15) is 4.79 Å². The average Bonchev–Trinajstić information content (AvgIpc) is 3.25. The summed E-state index contributed by atoms with van der Waals surface area (Å²) < 4.78 is 1.98. The molecule has 3 aromatic heterocycles. The van der Waals surface area contributed by atoms with Crippen molar-refractivity contribution >= 4 is 22.9 Å². The Hall–Kier alpha value is -2.21. The number of rotatable bonds is 2. The van der Waals surface area contributed by atoms with Crippen molar-refractivity contribution in [3.63, 3.8) is 0 Å². The highest BCUT2D eigenvalue weighted by molar-refractivity contribution is 7.08. The number of carbonyl (C=O) groups excluding carboxylic acids is 1. The van der Waals surface area contributed by atoms with Crippen molar-refractivity contribution in [2.45, 2.75) is 18.9 Å². The predicted octanol–water partition coefficient (Wildman–Crippen LogP) is 2.77. The number of carbonyl (C=O) groups is 1. The molecule has 1 aliphatic rings. The molecular weight excluding hydrogens is 284 g/mol. The van der Waals surface area contributed by atoms with Crippen LogP contribution in [0.25, 0.3) is 5.65 Å². The van der Waals surface area contributed by atoms with Crippen LogP contribution < -0.4 is 0 Å². The summed E-state index contributed by atoms with van der Waals surface area (Å²) in [5.74, 6) is 0.943. The maximum Gasteiger partial charge on any atom is 0.255 e. The summed E-state index contributed by atoms with van der Waals surface area (Å²) in [6.45, 7) is 0.779. The minimum atomic E-state index is 0.00907. The highest BCUT2D eigenvalue weighted by Crippen LogP contribution is 2.32. The van der Waals surface area contributed by atoms with Gasteiger partial charge in [-0.15, -0.1) is 10.2 Å². The van der Waals surface area contributed by atoms with E-state index in [1.807, 2.05) is 50.5 Å². The minimum absolute atomic E-state index is 0.00907. The van der Waals surface area contributed by atoms with Gasteiger partial charge in [-0.2, -0.15) is 11.3 Å². The van der Waals surface area contributed by atoms with Crippen LogP contribution in [0.5, 0.6) is 0 Å². The summed E-state index contributed by atoms with van der Waals surface area (Å²) in [5, 5.41) is 12.3. The topological polar surface area (TPSA) is 50.5 Å². The Morgan fingerprint density at radius 2 is 2.24 bits per heavy atom. The summed E-state index contributed by atoms with van der Waals surface area (Å²) in [6.07, 6.45) is 3.89. The van der Waals surface area contributed by atoms with Crippen molar-refractivity contribution in [1.29, 1.82) is 0 Å². The molecule has 1 amide bonds. The second kappa shape index (κ2) is 4.96. The van der Waals surface area contributed by atoms with Gasteiger partial charge in [0.25, 0.3) is 5.91 Å². The first-order chi connectivity index (χ1) is 10.3. The van der Waals surface area contributed by atoms with E-state index >= 15 is 0 Å². The van der Waals surface area contributed by atoms with E-state index in [0.29, 0.717) is 0 Å². The maximum absolute atomic E-state index is 12.6. The molecule has 0 saturated carbocycles. The highest BCUT2D eigenvalue weighted by atomic mass is 32.1. The zero-order valence-corrected chi connectivity index (χ0v) is 12.2. The number of hydrogen-bond acceptors (Lipinski definition) is 4. The Kier molecular flexibility index (Phi) is 2.96. The Morgan fingerprint density at radius 3 is 3.10 bits per heavy atom. The molecular formula is C15H14N4OS. The Bertz CT molecular complexity index is 780. The van der Waals surface area contributed by atoms with Crippen LogP contribution in [-0.4, -0.2) is 31.9 Å². The molecule has 0 radical (unpaired) electrons. The molecule has 0 spiro atoms. The fourth-order valence-corrected chi connectivity index (χ4v) is 3.55. The van der Waals surface area contributed by atoms with Crippen molar-refractivity contribution < 1.29 is 4.79 Å². The second-order valence-electron chi connectivity index (χ2n) is 5.16. The lowest BCUT2D eigenvalue weighted by Gasteiger charge is -2.23. The predicted molar refractivity (Wildman–Crippen MR) is 80.3 cm³/mol. The van der Waals surface area contributed by atoms with Crippen LogP contribution >= 0.6 is 11.3 Å². The van der Waals surface area contributed by atoms with Gasteiger partial charge in [0, 0.05) is 18.1 Å². The first-order valence-electron chi connectivity index (χ1n) is 6.97. The first-order valence-corrected chi connectivity index (χ1v) is 7.92. The van der Waals surface area contributed by atoms with Crippen LogP contribution in [0.2, 0.25) is 0 Å². The molecule has 1 aliphatic heterocycles. The third-order valence-corrected chi connectivity index (χ3v) is 4.60. The number of thiophene rings is 1.